The zero-order valence-corrected chi connectivity index (χ0v) is 14.3. The van der Waals surface area contributed by atoms with Crippen LogP contribution in [0.25, 0.3) is 10.8 Å². The maximum Gasteiger partial charge on any atom is 0.122 e. The summed E-state index contributed by atoms with van der Waals surface area (Å²) in [4.78, 5) is 0. The van der Waals surface area contributed by atoms with Crippen molar-refractivity contribution in [3.05, 3.63) is 35.9 Å². The van der Waals surface area contributed by atoms with Gasteiger partial charge in [0.15, 0.2) is 0 Å². The average Bonchev–Trinajstić information content (AvgIpc) is 2.53. The van der Waals surface area contributed by atoms with Crippen LogP contribution in [0.15, 0.2) is 30.3 Å². The molecular weight excluding hydrogens is 296 g/mol. The van der Waals surface area contributed by atoms with Gasteiger partial charge in [-0.15, -0.1) is 11.6 Å². The molecule has 0 aliphatic carbocycles. The first-order valence-corrected chi connectivity index (χ1v) is 8.64. The first-order chi connectivity index (χ1) is 10.8. The molecule has 0 unspecified atom stereocenters. The highest BCUT2D eigenvalue weighted by Gasteiger charge is 2.06. The quantitative estimate of drug-likeness (QED) is 0.434. The van der Waals surface area contributed by atoms with Gasteiger partial charge in [-0.05, 0) is 61.2 Å². The molecule has 0 spiro atoms. The molecule has 2 nitrogen and oxygen atoms in total. The number of fused-ring (bicyclic) bond motifs is 1. The summed E-state index contributed by atoms with van der Waals surface area (Å²) in [7, 11) is 0. The minimum Gasteiger partial charge on any atom is -0.494 e. The SMILES string of the molecule is CCOc1ccc2c(C)c(OCCCCCCCl)ccc2c1. The summed E-state index contributed by atoms with van der Waals surface area (Å²) in [5.41, 5.74) is 1.20. The van der Waals surface area contributed by atoms with Crippen LogP contribution >= 0.6 is 11.6 Å². The summed E-state index contributed by atoms with van der Waals surface area (Å²) in [6.07, 6.45) is 4.54. The van der Waals surface area contributed by atoms with Crippen molar-refractivity contribution < 1.29 is 9.47 Å². The number of hydrogen-bond acceptors (Lipinski definition) is 2. The van der Waals surface area contributed by atoms with Gasteiger partial charge in [0, 0.05) is 5.88 Å². The van der Waals surface area contributed by atoms with E-state index in [2.05, 4.69) is 31.2 Å². The van der Waals surface area contributed by atoms with Gasteiger partial charge in [-0.25, -0.2) is 0 Å². The molecule has 0 saturated heterocycles. The fraction of sp³-hybridized carbons (Fsp3) is 0.474. The third-order valence-corrected chi connectivity index (χ3v) is 4.07. The highest BCUT2D eigenvalue weighted by atomic mass is 35.5. The molecule has 22 heavy (non-hydrogen) atoms. The van der Waals surface area contributed by atoms with Gasteiger partial charge in [0.25, 0.3) is 0 Å². The molecule has 0 bridgehead atoms. The van der Waals surface area contributed by atoms with Crippen molar-refractivity contribution in [2.75, 3.05) is 19.1 Å². The molecule has 120 valence electrons. The largest absolute Gasteiger partial charge is 0.494 e. The van der Waals surface area contributed by atoms with Gasteiger partial charge in [-0.1, -0.05) is 25.0 Å². The van der Waals surface area contributed by atoms with Crippen molar-refractivity contribution in [3.63, 3.8) is 0 Å². The lowest BCUT2D eigenvalue weighted by Gasteiger charge is -2.12. The molecule has 2 aromatic carbocycles. The molecule has 0 amide bonds. The van der Waals surface area contributed by atoms with Crippen molar-refractivity contribution >= 4 is 22.4 Å². The summed E-state index contributed by atoms with van der Waals surface area (Å²) in [5, 5.41) is 2.42. The summed E-state index contributed by atoms with van der Waals surface area (Å²) in [6, 6.07) is 10.4. The Morgan fingerprint density at radius 2 is 1.77 bits per heavy atom. The first kappa shape index (κ1) is 17.0. The van der Waals surface area contributed by atoms with Gasteiger partial charge in [0.2, 0.25) is 0 Å². The molecule has 2 aromatic rings. The lowest BCUT2D eigenvalue weighted by molar-refractivity contribution is 0.303. The zero-order chi connectivity index (χ0) is 15.8. The van der Waals surface area contributed by atoms with Crippen molar-refractivity contribution in [3.8, 4) is 11.5 Å². The molecule has 0 aliphatic heterocycles. The van der Waals surface area contributed by atoms with Crippen LogP contribution in [0.1, 0.15) is 38.2 Å². The minimum atomic E-state index is 0.690. The fourth-order valence-electron chi connectivity index (χ4n) is 2.59. The number of benzene rings is 2. The lowest BCUT2D eigenvalue weighted by Crippen LogP contribution is -1.99. The third-order valence-electron chi connectivity index (χ3n) is 3.81. The van der Waals surface area contributed by atoms with E-state index in [0.29, 0.717) is 6.61 Å². The standard InChI is InChI=1S/C19H25ClO2/c1-3-21-17-9-10-18-15(2)19(11-8-16(18)14-17)22-13-7-5-4-6-12-20/h8-11,14H,3-7,12-13H2,1-2H3. The van der Waals surface area contributed by atoms with Gasteiger partial charge in [-0.3, -0.25) is 0 Å². The summed E-state index contributed by atoms with van der Waals surface area (Å²) in [5.74, 6) is 2.66. The van der Waals surface area contributed by atoms with Crippen molar-refractivity contribution in [2.45, 2.75) is 39.5 Å². The second kappa shape index (κ2) is 8.89. The van der Waals surface area contributed by atoms with Gasteiger partial charge in [0.1, 0.15) is 11.5 Å². The normalized spacial score (nSPS) is 10.9. The van der Waals surface area contributed by atoms with Crippen molar-refractivity contribution in [1.29, 1.82) is 0 Å². The molecule has 0 saturated carbocycles. The molecule has 3 heteroatoms. The van der Waals surface area contributed by atoms with Crippen LogP contribution in [0.5, 0.6) is 11.5 Å². The minimum absolute atomic E-state index is 0.690. The van der Waals surface area contributed by atoms with Crippen LogP contribution < -0.4 is 9.47 Å². The van der Waals surface area contributed by atoms with E-state index in [1.807, 2.05) is 13.0 Å². The highest BCUT2D eigenvalue weighted by molar-refractivity contribution is 6.17. The molecule has 0 fully saturated rings. The molecule has 0 aliphatic rings. The molecule has 0 atom stereocenters. The second-order valence-corrected chi connectivity index (χ2v) is 5.83. The topological polar surface area (TPSA) is 18.5 Å². The maximum absolute atomic E-state index is 5.94. The smallest absolute Gasteiger partial charge is 0.122 e. The Hall–Kier alpha value is -1.41. The average molecular weight is 321 g/mol. The Kier molecular flexibility index (Phi) is 6.85. The molecule has 2 rings (SSSR count). The van der Waals surface area contributed by atoms with Gasteiger partial charge < -0.3 is 9.47 Å². The Balaban J connectivity index is 1.99. The number of rotatable bonds is 9. The predicted octanol–water partition coefficient (Wildman–Crippen LogP) is 5.72. The summed E-state index contributed by atoms with van der Waals surface area (Å²) in [6.45, 7) is 5.58. The molecule has 0 aromatic heterocycles. The molecular formula is C19H25ClO2. The van der Waals surface area contributed by atoms with Crippen LogP contribution in [0.4, 0.5) is 0 Å². The van der Waals surface area contributed by atoms with E-state index in [4.69, 9.17) is 21.1 Å². The van der Waals surface area contributed by atoms with E-state index in [0.717, 1.165) is 36.8 Å². The van der Waals surface area contributed by atoms with Crippen molar-refractivity contribution in [2.24, 2.45) is 0 Å². The van der Waals surface area contributed by atoms with Crippen LogP contribution in [0.2, 0.25) is 0 Å². The van der Waals surface area contributed by atoms with E-state index in [9.17, 15) is 0 Å². The monoisotopic (exact) mass is 320 g/mol. The number of aryl methyl sites for hydroxylation is 1. The summed E-state index contributed by atoms with van der Waals surface area (Å²) >= 11 is 5.68. The maximum atomic E-state index is 5.94. The van der Waals surface area contributed by atoms with Crippen LogP contribution in [0.3, 0.4) is 0 Å². The second-order valence-electron chi connectivity index (χ2n) is 5.46. The van der Waals surface area contributed by atoms with Crippen LogP contribution in [-0.2, 0) is 0 Å². The number of ether oxygens (including phenoxy) is 2. The Bertz CT molecular complexity index is 595. The molecule has 0 radical (unpaired) electrons. The number of alkyl halides is 1. The van der Waals surface area contributed by atoms with E-state index >= 15 is 0 Å². The Labute approximate surface area is 138 Å². The third kappa shape index (κ3) is 4.54. The van der Waals surface area contributed by atoms with E-state index in [1.165, 1.54) is 29.2 Å². The van der Waals surface area contributed by atoms with Gasteiger partial charge in [-0.2, -0.15) is 0 Å². The van der Waals surface area contributed by atoms with Crippen LogP contribution in [0, 0.1) is 6.92 Å². The van der Waals surface area contributed by atoms with E-state index < -0.39 is 0 Å². The highest BCUT2D eigenvalue weighted by Crippen LogP contribution is 2.30. The predicted molar refractivity (Wildman–Crippen MR) is 94.5 cm³/mol. The van der Waals surface area contributed by atoms with Crippen molar-refractivity contribution in [1.82, 2.24) is 0 Å². The van der Waals surface area contributed by atoms with Gasteiger partial charge in [0.05, 0.1) is 13.2 Å². The Morgan fingerprint density at radius 1 is 0.955 bits per heavy atom. The van der Waals surface area contributed by atoms with Crippen LogP contribution in [-0.4, -0.2) is 19.1 Å². The Morgan fingerprint density at radius 3 is 2.55 bits per heavy atom. The number of unbranched alkanes of at least 4 members (excludes halogenated alkanes) is 3. The first-order valence-electron chi connectivity index (χ1n) is 8.11. The van der Waals surface area contributed by atoms with E-state index in [-0.39, 0.29) is 0 Å². The zero-order valence-electron chi connectivity index (χ0n) is 13.5. The molecule has 0 heterocycles. The number of hydrogen-bond donors (Lipinski definition) is 0. The molecule has 0 N–H and O–H groups in total. The van der Waals surface area contributed by atoms with E-state index in [1.54, 1.807) is 0 Å². The van der Waals surface area contributed by atoms with Gasteiger partial charge >= 0.3 is 0 Å². The summed E-state index contributed by atoms with van der Waals surface area (Å²) < 4.78 is 11.5. The fourth-order valence-corrected chi connectivity index (χ4v) is 2.78. The number of halogens is 1. The lowest BCUT2D eigenvalue weighted by atomic mass is 10.0.